The van der Waals surface area contributed by atoms with Crippen LogP contribution in [0.3, 0.4) is 0 Å². The number of hydrogen-bond donors (Lipinski definition) is 2. The van der Waals surface area contributed by atoms with Crippen molar-refractivity contribution in [2.24, 2.45) is 0 Å². The topological polar surface area (TPSA) is 41.1 Å². The SMILES string of the molecule is Cc1ccc(NC(C)C(=O)NCCc2cccs2)cc1F. The van der Waals surface area contributed by atoms with Crippen LogP contribution in [0.15, 0.2) is 35.7 Å². The Morgan fingerprint density at radius 3 is 2.86 bits per heavy atom. The maximum absolute atomic E-state index is 13.5. The van der Waals surface area contributed by atoms with Crippen LogP contribution in [-0.2, 0) is 11.2 Å². The fraction of sp³-hybridized carbons (Fsp3) is 0.312. The van der Waals surface area contributed by atoms with E-state index in [-0.39, 0.29) is 11.7 Å². The van der Waals surface area contributed by atoms with Gasteiger partial charge in [0.15, 0.2) is 0 Å². The molecule has 0 aliphatic carbocycles. The first-order valence-corrected chi connectivity index (χ1v) is 7.77. The summed E-state index contributed by atoms with van der Waals surface area (Å²) in [4.78, 5) is 13.2. The second kappa shape index (κ2) is 7.22. The Kier molecular flexibility index (Phi) is 5.33. The fourth-order valence-electron chi connectivity index (χ4n) is 1.92. The molecule has 1 aromatic carbocycles. The van der Waals surface area contributed by atoms with E-state index in [1.165, 1.54) is 10.9 Å². The van der Waals surface area contributed by atoms with Crippen LogP contribution in [0.4, 0.5) is 10.1 Å². The van der Waals surface area contributed by atoms with Crippen molar-refractivity contribution < 1.29 is 9.18 Å². The molecular weight excluding hydrogens is 287 g/mol. The molecule has 1 atom stereocenters. The number of thiophene rings is 1. The van der Waals surface area contributed by atoms with Gasteiger partial charge in [-0.1, -0.05) is 12.1 Å². The number of rotatable bonds is 6. The minimum Gasteiger partial charge on any atom is -0.374 e. The summed E-state index contributed by atoms with van der Waals surface area (Å²) < 4.78 is 13.5. The molecule has 0 saturated heterocycles. The van der Waals surface area contributed by atoms with Crippen LogP contribution in [0, 0.1) is 12.7 Å². The van der Waals surface area contributed by atoms with Crippen LogP contribution in [0.25, 0.3) is 0 Å². The molecule has 2 rings (SSSR count). The van der Waals surface area contributed by atoms with Crippen molar-refractivity contribution in [1.82, 2.24) is 5.32 Å². The molecule has 21 heavy (non-hydrogen) atoms. The van der Waals surface area contributed by atoms with Gasteiger partial charge in [-0.05, 0) is 49.4 Å². The number of carbonyl (C=O) groups is 1. The van der Waals surface area contributed by atoms with Crippen LogP contribution in [0.5, 0.6) is 0 Å². The molecule has 1 heterocycles. The Hall–Kier alpha value is -1.88. The van der Waals surface area contributed by atoms with Gasteiger partial charge in [-0.2, -0.15) is 0 Å². The maximum Gasteiger partial charge on any atom is 0.242 e. The lowest BCUT2D eigenvalue weighted by Crippen LogP contribution is -2.38. The summed E-state index contributed by atoms with van der Waals surface area (Å²) in [6.07, 6.45) is 0.829. The molecular formula is C16H19FN2OS. The van der Waals surface area contributed by atoms with Crippen LogP contribution in [0.2, 0.25) is 0 Å². The number of nitrogens with one attached hydrogen (secondary N) is 2. The Bertz CT molecular complexity index is 598. The summed E-state index contributed by atoms with van der Waals surface area (Å²) in [6, 6.07) is 8.51. The highest BCUT2D eigenvalue weighted by molar-refractivity contribution is 7.09. The monoisotopic (exact) mass is 306 g/mol. The maximum atomic E-state index is 13.5. The van der Waals surface area contributed by atoms with Crippen molar-refractivity contribution in [3.05, 3.63) is 52.0 Å². The van der Waals surface area contributed by atoms with Crippen LogP contribution in [-0.4, -0.2) is 18.5 Å². The highest BCUT2D eigenvalue weighted by atomic mass is 32.1. The molecule has 0 aliphatic rings. The predicted molar refractivity (Wildman–Crippen MR) is 85.3 cm³/mol. The Morgan fingerprint density at radius 2 is 2.19 bits per heavy atom. The zero-order chi connectivity index (χ0) is 15.2. The second-order valence-corrected chi connectivity index (χ2v) is 5.98. The first-order chi connectivity index (χ1) is 10.1. The lowest BCUT2D eigenvalue weighted by molar-refractivity contribution is -0.121. The van der Waals surface area contributed by atoms with Gasteiger partial charge in [0.2, 0.25) is 5.91 Å². The van der Waals surface area contributed by atoms with E-state index in [9.17, 15) is 9.18 Å². The third kappa shape index (κ3) is 4.56. The fourth-order valence-corrected chi connectivity index (χ4v) is 2.62. The molecule has 0 radical (unpaired) electrons. The van der Waals surface area contributed by atoms with Crippen molar-refractivity contribution in [1.29, 1.82) is 0 Å². The van der Waals surface area contributed by atoms with E-state index in [4.69, 9.17) is 0 Å². The number of aryl methyl sites for hydroxylation is 1. The Balaban J connectivity index is 1.80. The minimum absolute atomic E-state index is 0.0902. The quantitative estimate of drug-likeness (QED) is 0.859. The zero-order valence-electron chi connectivity index (χ0n) is 12.2. The number of benzene rings is 1. The van der Waals surface area contributed by atoms with Gasteiger partial charge in [-0.3, -0.25) is 4.79 Å². The van der Waals surface area contributed by atoms with Crippen molar-refractivity contribution in [3.8, 4) is 0 Å². The van der Waals surface area contributed by atoms with E-state index in [0.717, 1.165) is 6.42 Å². The lowest BCUT2D eigenvalue weighted by Gasteiger charge is -2.15. The van der Waals surface area contributed by atoms with Crippen molar-refractivity contribution in [2.45, 2.75) is 26.3 Å². The highest BCUT2D eigenvalue weighted by Gasteiger charge is 2.12. The number of amides is 1. The lowest BCUT2D eigenvalue weighted by atomic mass is 10.2. The van der Waals surface area contributed by atoms with Gasteiger partial charge >= 0.3 is 0 Å². The molecule has 0 saturated carbocycles. The van der Waals surface area contributed by atoms with Crippen molar-refractivity contribution in [3.63, 3.8) is 0 Å². The molecule has 2 N–H and O–H groups in total. The van der Waals surface area contributed by atoms with Gasteiger partial charge in [0.1, 0.15) is 11.9 Å². The Labute approximate surface area is 128 Å². The standard InChI is InChI=1S/C16H19FN2OS/c1-11-5-6-13(10-15(11)17)19-12(2)16(20)18-8-7-14-4-3-9-21-14/h3-6,9-10,12,19H,7-8H2,1-2H3,(H,18,20). The number of anilines is 1. The third-order valence-electron chi connectivity index (χ3n) is 3.20. The molecule has 112 valence electrons. The van der Waals surface area contributed by atoms with E-state index in [1.807, 2.05) is 17.5 Å². The summed E-state index contributed by atoms with van der Waals surface area (Å²) in [6.45, 7) is 4.08. The Morgan fingerprint density at radius 1 is 1.38 bits per heavy atom. The van der Waals surface area contributed by atoms with E-state index < -0.39 is 6.04 Å². The van der Waals surface area contributed by atoms with Gasteiger partial charge < -0.3 is 10.6 Å². The van der Waals surface area contributed by atoms with Crippen LogP contribution in [0.1, 0.15) is 17.4 Å². The largest absolute Gasteiger partial charge is 0.374 e. The molecule has 1 unspecified atom stereocenters. The molecule has 0 aliphatic heterocycles. The van der Waals surface area contributed by atoms with Gasteiger partial charge in [0.05, 0.1) is 0 Å². The van der Waals surface area contributed by atoms with Gasteiger partial charge in [0.25, 0.3) is 0 Å². The van der Waals surface area contributed by atoms with Crippen LogP contribution >= 0.6 is 11.3 Å². The molecule has 1 amide bonds. The molecule has 0 spiro atoms. The predicted octanol–water partition coefficient (Wildman–Crippen LogP) is 3.35. The minimum atomic E-state index is -0.407. The average molecular weight is 306 g/mol. The average Bonchev–Trinajstić information content (AvgIpc) is 2.96. The summed E-state index contributed by atoms with van der Waals surface area (Å²) in [5.74, 6) is -0.363. The molecule has 0 fully saturated rings. The molecule has 5 heteroatoms. The van der Waals surface area contributed by atoms with E-state index in [0.29, 0.717) is 17.8 Å². The summed E-state index contributed by atoms with van der Waals surface area (Å²) in [5.41, 5.74) is 1.20. The van der Waals surface area contributed by atoms with Crippen molar-refractivity contribution >= 4 is 22.9 Å². The first-order valence-electron chi connectivity index (χ1n) is 6.89. The molecule has 1 aromatic heterocycles. The second-order valence-electron chi connectivity index (χ2n) is 4.95. The molecule has 0 bridgehead atoms. The summed E-state index contributed by atoms with van der Waals surface area (Å²) in [7, 11) is 0. The summed E-state index contributed by atoms with van der Waals surface area (Å²) in [5, 5.41) is 7.90. The smallest absolute Gasteiger partial charge is 0.242 e. The zero-order valence-corrected chi connectivity index (χ0v) is 13.0. The van der Waals surface area contributed by atoms with E-state index >= 15 is 0 Å². The van der Waals surface area contributed by atoms with E-state index in [1.54, 1.807) is 37.3 Å². The van der Waals surface area contributed by atoms with Crippen LogP contribution < -0.4 is 10.6 Å². The normalized spacial score (nSPS) is 12.0. The highest BCUT2D eigenvalue weighted by Crippen LogP contribution is 2.14. The van der Waals surface area contributed by atoms with Gasteiger partial charge in [0, 0.05) is 17.1 Å². The third-order valence-corrected chi connectivity index (χ3v) is 4.14. The molecule has 2 aromatic rings. The number of halogens is 1. The first kappa shape index (κ1) is 15.5. The van der Waals surface area contributed by atoms with E-state index in [2.05, 4.69) is 10.6 Å². The van der Waals surface area contributed by atoms with Gasteiger partial charge in [-0.15, -0.1) is 11.3 Å². The van der Waals surface area contributed by atoms with Gasteiger partial charge in [-0.25, -0.2) is 4.39 Å². The van der Waals surface area contributed by atoms with Crippen molar-refractivity contribution in [2.75, 3.05) is 11.9 Å². The molecule has 3 nitrogen and oxygen atoms in total. The number of hydrogen-bond acceptors (Lipinski definition) is 3. The number of carbonyl (C=O) groups excluding carboxylic acids is 1. The summed E-state index contributed by atoms with van der Waals surface area (Å²) >= 11 is 1.68.